The number of aromatic nitrogens is 2. The molecule has 3 atom stereocenters. The molecule has 4 N–H and O–H groups in total. The lowest BCUT2D eigenvalue weighted by Crippen LogP contribution is -2.54. The molecule has 4 rings (SSSR count). The number of rotatable bonds is 11. The molecule has 2 heterocycles. The summed E-state index contributed by atoms with van der Waals surface area (Å²) in [5.74, 6) is -3.99. The molecule has 1 aliphatic heterocycles. The zero-order chi connectivity index (χ0) is 29.6. The maximum atomic E-state index is 13.8. The molecule has 1 aliphatic rings. The zero-order valence-corrected chi connectivity index (χ0v) is 23.7. The highest BCUT2D eigenvalue weighted by Gasteiger charge is 2.36. The van der Waals surface area contributed by atoms with E-state index >= 15 is 0 Å². The Kier molecular flexibility index (Phi) is 9.31. The lowest BCUT2D eigenvalue weighted by atomic mass is 9.88. The number of aromatic amines is 1. The Labute approximate surface area is 239 Å². The van der Waals surface area contributed by atoms with Gasteiger partial charge in [-0.1, -0.05) is 42.5 Å². The van der Waals surface area contributed by atoms with Crippen LogP contribution in [-0.4, -0.2) is 57.4 Å². The molecule has 0 saturated carbocycles. The van der Waals surface area contributed by atoms with Crippen LogP contribution < -0.4 is 16.0 Å². The van der Waals surface area contributed by atoms with Crippen LogP contribution in [0.4, 0.5) is 0 Å². The second-order valence-corrected chi connectivity index (χ2v) is 11.6. The minimum Gasteiger partial charge on any atom is -0.356 e. The van der Waals surface area contributed by atoms with Gasteiger partial charge in [-0.05, 0) is 64.2 Å². The van der Waals surface area contributed by atoms with Crippen molar-refractivity contribution in [3.05, 3.63) is 66.0 Å². The molecular formula is C31H37N5O5. The van der Waals surface area contributed by atoms with Crippen molar-refractivity contribution in [3.63, 3.8) is 0 Å². The van der Waals surface area contributed by atoms with E-state index in [1.165, 1.54) is 0 Å². The third kappa shape index (κ3) is 8.09. The second-order valence-electron chi connectivity index (χ2n) is 11.6. The van der Waals surface area contributed by atoms with Crippen LogP contribution in [0.25, 0.3) is 11.0 Å². The largest absolute Gasteiger partial charge is 0.356 e. The topological polar surface area (TPSA) is 150 Å². The van der Waals surface area contributed by atoms with E-state index in [1.54, 1.807) is 26.8 Å². The quantitative estimate of drug-likeness (QED) is 0.210. The van der Waals surface area contributed by atoms with Crippen molar-refractivity contribution >= 4 is 40.3 Å². The van der Waals surface area contributed by atoms with E-state index in [0.29, 0.717) is 24.0 Å². The van der Waals surface area contributed by atoms with E-state index in [1.807, 2.05) is 48.5 Å². The van der Waals surface area contributed by atoms with E-state index < -0.39 is 41.0 Å². The van der Waals surface area contributed by atoms with Gasteiger partial charge in [-0.3, -0.25) is 24.0 Å². The van der Waals surface area contributed by atoms with Crippen LogP contribution in [-0.2, 0) is 25.6 Å². The van der Waals surface area contributed by atoms with Crippen LogP contribution in [0.2, 0.25) is 0 Å². The average molecular weight is 560 g/mol. The standard InChI is InChI=1S/C31H37N5O5/c1-31(2,3)36-30(41)26(38)24(17-20-12-9-15-32-28(20)39)35-29(40)21(16-19-10-5-4-6-11-19)18-25(37)27-33-22-13-7-8-14-23(22)34-27/h4-8,10-11,13-14,20-21,24H,9,12,15-18H2,1-3H3,(H,32,39)(H,33,34)(H,35,40)(H,36,41)/t20-,21+,24-/m0/s1. The molecule has 3 amide bonds. The maximum absolute atomic E-state index is 13.8. The molecule has 41 heavy (non-hydrogen) atoms. The summed E-state index contributed by atoms with van der Waals surface area (Å²) >= 11 is 0. The molecule has 1 aromatic heterocycles. The third-order valence-electron chi connectivity index (χ3n) is 7.05. The summed E-state index contributed by atoms with van der Waals surface area (Å²) in [4.78, 5) is 73.1. The molecular weight excluding hydrogens is 522 g/mol. The van der Waals surface area contributed by atoms with Crippen molar-refractivity contribution in [2.24, 2.45) is 11.8 Å². The van der Waals surface area contributed by atoms with Gasteiger partial charge in [-0.15, -0.1) is 0 Å². The van der Waals surface area contributed by atoms with Crippen LogP contribution >= 0.6 is 0 Å². The number of ketones is 2. The summed E-state index contributed by atoms with van der Waals surface area (Å²) in [6.07, 6.45) is 1.34. The zero-order valence-electron chi connectivity index (χ0n) is 23.7. The first-order valence-electron chi connectivity index (χ1n) is 14.0. The number of nitrogens with one attached hydrogen (secondary N) is 4. The SMILES string of the molecule is CC(C)(C)NC(=O)C(=O)[C@H](C[C@@H]1CCCNC1=O)NC(=O)[C@@H](CC(=O)c1nc2ccccc2[nH]1)Cc1ccccc1. The highest BCUT2D eigenvalue weighted by Crippen LogP contribution is 2.21. The van der Waals surface area contributed by atoms with Crippen molar-refractivity contribution in [2.45, 2.75) is 64.5 Å². The Morgan fingerprint density at radius 1 is 1.02 bits per heavy atom. The Morgan fingerprint density at radius 3 is 2.41 bits per heavy atom. The van der Waals surface area contributed by atoms with Crippen LogP contribution in [0.1, 0.15) is 62.6 Å². The first-order valence-corrected chi connectivity index (χ1v) is 14.0. The van der Waals surface area contributed by atoms with Crippen LogP contribution in [0.15, 0.2) is 54.6 Å². The number of para-hydroxylation sites is 2. The highest BCUT2D eigenvalue weighted by molar-refractivity contribution is 6.38. The molecule has 0 unspecified atom stereocenters. The number of piperidine rings is 1. The molecule has 1 fully saturated rings. The van der Waals surface area contributed by atoms with Crippen molar-refractivity contribution in [1.29, 1.82) is 0 Å². The van der Waals surface area contributed by atoms with E-state index in [9.17, 15) is 24.0 Å². The molecule has 1 saturated heterocycles. The fourth-order valence-corrected chi connectivity index (χ4v) is 4.99. The van der Waals surface area contributed by atoms with Gasteiger partial charge in [0.1, 0.15) is 0 Å². The fourth-order valence-electron chi connectivity index (χ4n) is 4.99. The molecule has 10 heteroatoms. The molecule has 2 aromatic carbocycles. The van der Waals surface area contributed by atoms with E-state index in [0.717, 1.165) is 12.0 Å². The van der Waals surface area contributed by atoms with Gasteiger partial charge in [0, 0.05) is 30.3 Å². The first kappa shape index (κ1) is 29.6. The number of carbonyl (C=O) groups excluding carboxylic acids is 5. The summed E-state index contributed by atoms with van der Waals surface area (Å²) < 4.78 is 0. The van der Waals surface area contributed by atoms with Gasteiger partial charge in [-0.25, -0.2) is 4.98 Å². The number of H-pyrrole nitrogens is 1. The number of Topliss-reactive ketones (excluding diaryl/α,β-unsaturated/α-hetero) is 2. The average Bonchev–Trinajstić information content (AvgIpc) is 3.37. The lowest BCUT2D eigenvalue weighted by Gasteiger charge is -2.28. The molecule has 3 aromatic rings. The van der Waals surface area contributed by atoms with Gasteiger partial charge in [0.15, 0.2) is 11.6 Å². The van der Waals surface area contributed by atoms with Crippen molar-refractivity contribution in [2.75, 3.05) is 6.54 Å². The molecule has 0 aliphatic carbocycles. The predicted molar refractivity (Wildman–Crippen MR) is 154 cm³/mol. The summed E-state index contributed by atoms with van der Waals surface area (Å²) in [7, 11) is 0. The number of hydrogen-bond donors (Lipinski definition) is 4. The van der Waals surface area contributed by atoms with Crippen LogP contribution in [0.5, 0.6) is 0 Å². The first-order chi connectivity index (χ1) is 19.5. The summed E-state index contributed by atoms with van der Waals surface area (Å²) in [5.41, 5.74) is 1.52. The minimum atomic E-state index is -1.22. The van der Waals surface area contributed by atoms with Gasteiger partial charge < -0.3 is 20.9 Å². The number of fused-ring (bicyclic) bond motifs is 1. The second kappa shape index (κ2) is 12.9. The van der Waals surface area contributed by atoms with Gasteiger partial charge >= 0.3 is 0 Å². The predicted octanol–water partition coefficient (Wildman–Crippen LogP) is 2.88. The summed E-state index contributed by atoms with van der Waals surface area (Å²) in [6, 6.07) is 15.3. The maximum Gasteiger partial charge on any atom is 0.290 e. The molecule has 0 spiro atoms. The Hall–Kier alpha value is -4.34. The number of hydrogen-bond acceptors (Lipinski definition) is 6. The van der Waals surface area contributed by atoms with Gasteiger partial charge in [-0.2, -0.15) is 0 Å². The number of nitrogens with zero attached hydrogens (tertiary/aromatic N) is 1. The molecule has 0 bridgehead atoms. The monoisotopic (exact) mass is 559 g/mol. The normalized spacial score (nSPS) is 16.9. The highest BCUT2D eigenvalue weighted by atomic mass is 16.2. The van der Waals surface area contributed by atoms with Crippen LogP contribution in [0.3, 0.4) is 0 Å². The Bertz CT molecular complexity index is 1390. The molecule has 10 nitrogen and oxygen atoms in total. The number of imidazole rings is 1. The third-order valence-corrected chi connectivity index (χ3v) is 7.05. The summed E-state index contributed by atoms with van der Waals surface area (Å²) in [5, 5.41) is 8.18. The lowest BCUT2D eigenvalue weighted by molar-refractivity contribution is -0.142. The van der Waals surface area contributed by atoms with E-state index in [-0.39, 0.29) is 36.8 Å². The van der Waals surface area contributed by atoms with E-state index in [4.69, 9.17) is 0 Å². The number of carbonyl (C=O) groups is 5. The van der Waals surface area contributed by atoms with Crippen LogP contribution in [0, 0.1) is 11.8 Å². The van der Waals surface area contributed by atoms with Gasteiger partial charge in [0.2, 0.25) is 17.6 Å². The van der Waals surface area contributed by atoms with E-state index in [2.05, 4.69) is 25.9 Å². The number of amides is 3. The Balaban J connectivity index is 1.57. The van der Waals surface area contributed by atoms with Crippen molar-refractivity contribution in [3.8, 4) is 0 Å². The molecule has 216 valence electrons. The Morgan fingerprint density at radius 2 is 1.73 bits per heavy atom. The molecule has 0 radical (unpaired) electrons. The van der Waals surface area contributed by atoms with Gasteiger partial charge in [0.05, 0.1) is 17.1 Å². The smallest absolute Gasteiger partial charge is 0.290 e. The number of benzene rings is 2. The van der Waals surface area contributed by atoms with Crippen molar-refractivity contribution in [1.82, 2.24) is 25.9 Å². The fraction of sp³-hybridized carbons (Fsp3) is 0.419. The summed E-state index contributed by atoms with van der Waals surface area (Å²) in [6.45, 7) is 5.80. The van der Waals surface area contributed by atoms with Crippen molar-refractivity contribution < 1.29 is 24.0 Å². The van der Waals surface area contributed by atoms with Gasteiger partial charge in [0.25, 0.3) is 5.91 Å². The minimum absolute atomic E-state index is 0.0104.